The van der Waals surface area contributed by atoms with E-state index in [0.717, 1.165) is 5.56 Å². The number of hydrogen-bond donors (Lipinski definition) is 2. The molecule has 2 aromatic carbocycles. The maximum Gasteiger partial charge on any atom is 0.191 e. The van der Waals surface area contributed by atoms with Gasteiger partial charge < -0.3 is 24.8 Å². The number of guanidine groups is 1. The molecule has 2 aromatic rings. The predicted octanol–water partition coefficient (Wildman–Crippen LogP) is 3.37. The standard InChI is InChI=1S/C21H28FN3O3/c1-5-27-20-12-16(10-11-19(20)26-4)14-25-21(23-3)24-13-15(2)28-18-9-7-6-8-17(18)22/h6-12,15H,5,13-14H2,1-4H3,(H2,23,24,25). The average molecular weight is 389 g/mol. The number of nitrogens with one attached hydrogen (secondary N) is 2. The van der Waals surface area contributed by atoms with Gasteiger partial charge in [0, 0.05) is 13.6 Å². The Bertz CT molecular complexity index is 783. The van der Waals surface area contributed by atoms with E-state index >= 15 is 0 Å². The second-order valence-corrected chi connectivity index (χ2v) is 6.08. The molecule has 0 radical (unpaired) electrons. The molecule has 1 atom stereocenters. The van der Waals surface area contributed by atoms with Crippen molar-refractivity contribution in [3.05, 3.63) is 53.8 Å². The van der Waals surface area contributed by atoms with Crippen LogP contribution in [0.25, 0.3) is 0 Å². The lowest BCUT2D eigenvalue weighted by Crippen LogP contribution is -2.41. The normalized spacial score (nSPS) is 12.2. The van der Waals surface area contributed by atoms with Crippen LogP contribution in [0.3, 0.4) is 0 Å². The monoisotopic (exact) mass is 389 g/mol. The first-order chi connectivity index (χ1) is 13.6. The van der Waals surface area contributed by atoms with Crippen LogP contribution < -0.4 is 24.8 Å². The van der Waals surface area contributed by atoms with Crippen molar-refractivity contribution in [2.24, 2.45) is 4.99 Å². The van der Waals surface area contributed by atoms with Crippen LogP contribution in [0.1, 0.15) is 19.4 Å². The van der Waals surface area contributed by atoms with E-state index in [4.69, 9.17) is 14.2 Å². The molecular formula is C21H28FN3O3. The molecular weight excluding hydrogens is 361 g/mol. The maximum atomic E-state index is 13.7. The minimum absolute atomic E-state index is 0.235. The summed E-state index contributed by atoms with van der Waals surface area (Å²) in [5, 5.41) is 6.41. The zero-order valence-electron chi connectivity index (χ0n) is 16.8. The largest absolute Gasteiger partial charge is 0.493 e. The first-order valence-corrected chi connectivity index (χ1v) is 9.22. The number of aliphatic imine (C=N–C) groups is 1. The van der Waals surface area contributed by atoms with Gasteiger partial charge in [0.15, 0.2) is 29.0 Å². The van der Waals surface area contributed by atoms with E-state index in [1.165, 1.54) is 6.07 Å². The van der Waals surface area contributed by atoms with Gasteiger partial charge in [0.25, 0.3) is 0 Å². The summed E-state index contributed by atoms with van der Waals surface area (Å²) < 4.78 is 30.2. The molecule has 0 heterocycles. The summed E-state index contributed by atoms with van der Waals surface area (Å²) >= 11 is 0. The Morgan fingerprint density at radius 2 is 1.89 bits per heavy atom. The SMILES string of the molecule is CCOc1cc(CNC(=NC)NCC(C)Oc2ccccc2F)ccc1OC. The lowest BCUT2D eigenvalue weighted by molar-refractivity contribution is 0.214. The molecule has 2 N–H and O–H groups in total. The van der Waals surface area contributed by atoms with Crippen LogP contribution in [0.15, 0.2) is 47.5 Å². The molecule has 152 valence electrons. The summed E-state index contributed by atoms with van der Waals surface area (Å²) in [7, 11) is 3.31. The van der Waals surface area contributed by atoms with Gasteiger partial charge in [0.2, 0.25) is 0 Å². The van der Waals surface area contributed by atoms with Crippen molar-refractivity contribution in [2.75, 3.05) is 27.3 Å². The first kappa shape index (κ1) is 21.3. The Morgan fingerprint density at radius 3 is 2.57 bits per heavy atom. The molecule has 6 nitrogen and oxygen atoms in total. The second kappa shape index (κ2) is 11.0. The van der Waals surface area contributed by atoms with Crippen LogP contribution in [0.4, 0.5) is 4.39 Å². The molecule has 0 bridgehead atoms. The summed E-state index contributed by atoms with van der Waals surface area (Å²) in [6.07, 6.45) is -0.235. The Labute approximate surface area is 165 Å². The van der Waals surface area contributed by atoms with E-state index in [2.05, 4.69) is 15.6 Å². The van der Waals surface area contributed by atoms with Crippen LogP contribution in [0, 0.1) is 5.82 Å². The van der Waals surface area contributed by atoms with Crippen molar-refractivity contribution < 1.29 is 18.6 Å². The summed E-state index contributed by atoms with van der Waals surface area (Å²) in [5.41, 5.74) is 1.03. The van der Waals surface area contributed by atoms with Crippen LogP contribution in [0.2, 0.25) is 0 Å². The molecule has 0 aliphatic rings. The topological polar surface area (TPSA) is 64.1 Å². The highest BCUT2D eigenvalue weighted by atomic mass is 19.1. The van der Waals surface area contributed by atoms with Gasteiger partial charge in [-0.1, -0.05) is 18.2 Å². The van der Waals surface area contributed by atoms with Crippen LogP contribution >= 0.6 is 0 Å². The van der Waals surface area contributed by atoms with Gasteiger partial charge in [-0.15, -0.1) is 0 Å². The molecule has 0 saturated heterocycles. The molecule has 2 rings (SSSR count). The number of hydrogen-bond acceptors (Lipinski definition) is 4. The number of benzene rings is 2. The van der Waals surface area contributed by atoms with Crippen LogP contribution in [0.5, 0.6) is 17.2 Å². The minimum Gasteiger partial charge on any atom is -0.493 e. The predicted molar refractivity (Wildman–Crippen MR) is 109 cm³/mol. The summed E-state index contributed by atoms with van der Waals surface area (Å²) in [6.45, 7) is 5.40. The molecule has 1 unspecified atom stereocenters. The van der Waals surface area contributed by atoms with E-state index in [1.807, 2.05) is 32.0 Å². The molecule has 0 spiro atoms. The third kappa shape index (κ3) is 6.33. The van der Waals surface area contributed by atoms with Gasteiger partial charge in [-0.3, -0.25) is 4.99 Å². The van der Waals surface area contributed by atoms with Gasteiger partial charge in [0.1, 0.15) is 6.10 Å². The summed E-state index contributed by atoms with van der Waals surface area (Å²) in [4.78, 5) is 4.20. The Morgan fingerprint density at radius 1 is 1.11 bits per heavy atom. The minimum atomic E-state index is -0.374. The second-order valence-electron chi connectivity index (χ2n) is 6.08. The van der Waals surface area contributed by atoms with E-state index in [9.17, 15) is 4.39 Å². The molecule has 0 saturated carbocycles. The number of para-hydroxylation sites is 1. The molecule has 0 aromatic heterocycles. The van der Waals surface area contributed by atoms with E-state index in [-0.39, 0.29) is 17.7 Å². The zero-order chi connectivity index (χ0) is 20.4. The van der Waals surface area contributed by atoms with E-state index in [1.54, 1.807) is 32.4 Å². The number of nitrogens with zero attached hydrogens (tertiary/aromatic N) is 1. The quantitative estimate of drug-likeness (QED) is 0.509. The smallest absolute Gasteiger partial charge is 0.191 e. The fourth-order valence-corrected chi connectivity index (χ4v) is 2.54. The number of methoxy groups -OCH3 is 1. The third-order valence-electron chi connectivity index (χ3n) is 3.93. The highest BCUT2D eigenvalue weighted by Crippen LogP contribution is 2.27. The molecule has 0 aliphatic heterocycles. The van der Waals surface area contributed by atoms with Gasteiger partial charge in [-0.25, -0.2) is 4.39 Å². The average Bonchev–Trinajstić information content (AvgIpc) is 2.70. The third-order valence-corrected chi connectivity index (χ3v) is 3.93. The number of ether oxygens (including phenoxy) is 3. The number of rotatable bonds is 9. The summed E-state index contributed by atoms with van der Waals surface area (Å²) in [5.74, 6) is 1.90. The van der Waals surface area contributed by atoms with Gasteiger partial charge in [0.05, 0.1) is 20.3 Å². The van der Waals surface area contributed by atoms with Gasteiger partial charge in [-0.2, -0.15) is 0 Å². The maximum absolute atomic E-state index is 13.7. The zero-order valence-corrected chi connectivity index (χ0v) is 16.8. The molecule has 28 heavy (non-hydrogen) atoms. The Balaban J connectivity index is 1.86. The Kier molecular flexibility index (Phi) is 8.39. The van der Waals surface area contributed by atoms with E-state index in [0.29, 0.717) is 37.2 Å². The first-order valence-electron chi connectivity index (χ1n) is 9.22. The van der Waals surface area contributed by atoms with E-state index < -0.39 is 0 Å². The molecule has 0 amide bonds. The highest BCUT2D eigenvalue weighted by Gasteiger charge is 2.10. The van der Waals surface area contributed by atoms with Crippen molar-refractivity contribution >= 4 is 5.96 Å². The van der Waals surface area contributed by atoms with Crippen LogP contribution in [-0.4, -0.2) is 39.4 Å². The van der Waals surface area contributed by atoms with Crippen LogP contribution in [-0.2, 0) is 6.54 Å². The van der Waals surface area contributed by atoms with Crippen molar-refractivity contribution in [1.29, 1.82) is 0 Å². The Hall–Kier alpha value is -2.96. The lowest BCUT2D eigenvalue weighted by Gasteiger charge is -2.18. The van der Waals surface area contributed by atoms with Crippen molar-refractivity contribution in [3.8, 4) is 17.2 Å². The molecule has 7 heteroatoms. The lowest BCUT2D eigenvalue weighted by atomic mass is 10.2. The van der Waals surface area contributed by atoms with Crippen molar-refractivity contribution in [2.45, 2.75) is 26.5 Å². The van der Waals surface area contributed by atoms with Gasteiger partial charge in [-0.05, 0) is 43.7 Å². The molecule has 0 fully saturated rings. The van der Waals surface area contributed by atoms with Gasteiger partial charge >= 0.3 is 0 Å². The fraction of sp³-hybridized carbons (Fsp3) is 0.381. The highest BCUT2D eigenvalue weighted by molar-refractivity contribution is 5.79. The molecule has 0 aliphatic carbocycles. The number of halogens is 1. The fourth-order valence-electron chi connectivity index (χ4n) is 2.54. The summed E-state index contributed by atoms with van der Waals surface area (Å²) in [6, 6.07) is 12.1. The van der Waals surface area contributed by atoms with Crippen molar-refractivity contribution in [1.82, 2.24) is 10.6 Å². The van der Waals surface area contributed by atoms with Crippen molar-refractivity contribution in [3.63, 3.8) is 0 Å².